The number of carbonyl (C=O) groups excluding carboxylic acids is 1. The number of rotatable bonds is 9. The number of ether oxygens (including phenoxy) is 3. The van der Waals surface area contributed by atoms with Crippen molar-refractivity contribution in [1.82, 2.24) is 15.1 Å². The van der Waals surface area contributed by atoms with Crippen molar-refractivity contribution in [3.05, 3.63) is 95.8 Å². The molecule has 4 rings (SSSR count). The van der Waals surface area contributed by atoms with E-state index in [1.54, 1.807) is 18.3 Å². The van der Waals surface area contributed by atoms with Crippen LogP contribution in [0.25, 0.3) is 11.1 Å². The lowest BCUT2D eigenvalue weighted by Gasteiger charge is -2.15. The minimum Gasteiger partial charge on any atom is -0.496 e. The van der Waals surface area contributed by atoms with E-state index < -0.39 is 0 Å². The molecule has 0 saturated heterocycles. The topological polar surface area (TPSA) is 74.6 Å². The van der Waals surface area contributed by atoms with Gasteiger partial charge in [0.05, 0.1) is 33.4 Å². The Bertz CT molecular complexity index is 1250. The molecule has 3 aromatic carbocycles. The second-order valence-electron chi connectivity index (χ2n) is 7.65. The Morgan fingerprint density at radius 3 is 2.26 bits per heavy atom. The van der Waals surface area contributed by atoms with Crippen molar-refractivity contribution >= 4 is 5.91 Å². The van der Waals surface area contributed by atoms with Gasteiger partial charge in [-0.25, -0.2) is 0 Å². The summed E-state index contributed by atoms with van der Waals surface area (Å²) in [6.07, 6.45) is 3.72. The Hall–Kier alpha value is -4.26. The number of nitrogens with zero attached hydrogens (tertiary/aromatic N) is 2. The van der Waals surface area contributed by atoms with Crippen LogP contribution in [0.3, 0.4) is 0 Å². The second-order valence-corrected chi connectivity index (χ2v) is 7.65. The lowest BCUT2D eigenvalue weighted by atomic mass is 9.98. The van der Waals surface area contributed by atoms with Crippen molar-refractivity contribution in [2.24, 2.45) is 0 Å². The Balaban J connectivity index is 1.51. The molecule has 0 atom stereocenters. The SMILES string of the molecule is COc1cc(OC)c(C(=O)NCc2ccccc2-c2ccc(Cn3cccn3)cc2)cc1OC. The first-order valence-electron chi connectivity index (χ1n) is 10.9. The molecule has 0 spiro atoms. The number of hydrogen-bond donors (Lipinski definition) is 1. The summed E-state index contributed by atoms with van der Waals surface area (Å²) in [4.78, 5) is 13.0. The Kier molecular flexibility index (Phi) is 7.13. The van der Waals surface area contributed by atoms with E-state index in [9.17, 15) is 4.79 Å². The van der Waals surface area contributed by atoms with E-state index in [4.69, 9.17) is 14.2 Å². The molecule has 1 aromatic heterocycles. The van der Waals surface area contributed by atoms with E-state index >= 15 is 0 Å². The molecule has 0 fully saturated rings. The van der Waals surface area contributed by atoms with E-state index in [1.165, 1.54) is 26.9 Å². The van der Waals surface area contributed by atoms with Crippen LogP contribution >= 0.6 is 0 Å². The zero-order valence-electron chi connectivity index (χ0n) is 19.4. The lowest BCUT2D eigenvalue weighted by molar-refractivity contribution is 0.0947. The normalized spacial score (nSPS) is 10.6. The van der Waals surface area contributed by atoms with E-state index in [0.29, 0.717) is 29.4 Å². The average molecular weight is 458 g/mol. The summed E-state index contributed by atoms with van der Waals surface area (Å²) >= 11 is 0. The van der Waals surface area contributed by atoms with E-state index in [2.05, 4.69) is 40.7 Å². The maximum Gasteiger partial charge on any atom is 0.255 e. The number of methoxy groups -OCH3 is 3. The molecular weight excluding hydrogens is 430 g/mol. The fourth-order valence-corrected chi connectivity index (χ4v) is 3.80. The number of nitrogens with one attached hydrogen (secondary N) is 1. The Morgan fingerprint density at radius 1 is 0.882 bits per heavy atom. The van der Waals surface area contributed by atoms with Gasteiger partial charge in [-0.2, -0.15) is 5.10 Å². The quantitative estimate of drug-likeness (QED) is 0.399. The van der Waals surface area contributed by atoms with E-state index in [1.807, 2.05) is 35.1 Å². The maximum absolute atomic E-state index is 13.0. The van der Waals surface area contributed by atoms with Crippen molar-refractivity contribution in [3.63, 3.8) is 0 Å². The average Bonchev–Trinajstić information content (AvgIpc) is 3.40. The molecule has 1 N–H and O–H groups in total. The summed E-state index contributed by atoms with van der Waals surface area (Å²) in [5.41, 5.74) is 4.69. The van der Waals surface area contributed by atoms with E-state index in [-0.39, 0.29) is 5.91 Å². The summed E-state index contributed by atoms with van der Waals surface area (Å²) in [5.74, 6) is 1.11. The maximum atomic E-state index is 13.0. The van der Waals surface area contributed by atoms with Gasteiger partial charge in [-0.15, -0.1) is 0 Å². The standard InChI is InChI=1S/C27H27N3O4/c1-32-24-16-26(34-3)25(33-2)15-23(24)27(31)28-17-21-7-4-5-8-22(21)20-11-9-19(10-12-20)18-30-14-6-13-29-30/h4-16H,17-18H2,1-3H3,(H,28,31). The Morgan fingerprint density at radius 2 is 1.59 bits per heavy atom. The number of hydrogen-bond acceptors (Lipinski definition) is 5. The molecule has 0 unspecified atom stereocenters. The lowest BCUT2D eigenvalue weighted by Crippen LogP contribution is -2.23. The molecule has 7 nitrogen and oxygen atoms in total. The third-order valence-corrected chi connectivity index (χ3v) is 5.58. The van der Waals surface area contributed by atoms with Crippen LogP contribution in [0.1, 0.15) is 21.5 Å². The summed E-state index contributed by atoms with van der Waals surface area (Å²) < 4.78 is 17.9. The van der Waals surface area contributed by atoms with Crippen LogP contribution in [0, 0.1) is 0 Å². The van der Waals surface area contributed by atoms with Crippen LogP contribution in [0.4, 0.5) is 0 Å². The molecule has 0 saturated carbocycles. The molecule has 7 heteroatoms. The highest BCUT2D eigenvalue weighted by Gasteiger charge is 2.18. The van der Waals surface area contributed by atoms with Crippen LogP contribution in [0.2, 0.25) is 0 Å². The summed E-state index contributed by atoms with van der Waals surface area (Å²) in [5, 5.41) is 7.26. The molecule has 0 aliphatic carbocycles. The molecule has 0 aliphatic heterocycles. The van der Waals surface area contributed by atoms with Gasteiger partial charge in [-0.3, -0.25) is 9.48 Å². The van der Waals surface area contributed by atoms with Crippen molar-refractivity contribution in [2.45, 2.75) is 13.1 Å². The number of carbonyl (C=O) groups is 1. The van der Waals surface area contributed by atoms with Gasteiger partial charge in [0.15, 0.2) is 11.5 Å². The van der Waals surface area contributed by atoms with Gasteiger partial charge >= 0.3 is 0 Å². The molecule has 1 amide bonds. The van der Waals surface area contributed by atoms with Gasteiger partial charge in [0.25, 0.3) is 5.91 Å². The number of aromatic nitrogens is 2. The zero-order chi connectivity index (χ0) is 23.9. The first-order chi connectivity index (χ1) is 16.6. The fourth-order valence-electron chi connectivity index (χ4n) is 3.80. The fraction of sp³-hybridized carbons (Fsp3) is 0.185. The van der Waals surface area contributed by atoms with Crippen molar-refractivity contribution in [3.8, 4) is 28.4 Å². The van der Waals surface area contributed by atoms with Crippen LogP contribution in [0.15, 0.2) is 79.1 Å². The highest BCUT2D eigenvalue weighted by atomic mass is 16.5. The van der Waals surface area contributed by atoms with Gasteiger partial charge in [-0.1, -0.05) is 48.5 Å². The van der Waals surface area contributed by atoms with Gasteiger partial charge in [0.1, 0.15) is 5.75 Å². The zero-order valence-corrected chi connectivity index (χ0v) is 19.4. The smallest absolute Gasteiger partial charge is 0.255 e. The molecule has 34 heavy (non-hydrogen) atoms. The minimum absolute atomic E-state index is 0.262. The van der Waals surface area contributed by atoms with Crippen molar-refractivity contribution < 1.29 is 19.0 Å². The molecular formula is C27H27N3O4. The van der Waals surface area contributed by atoms with Crippen molar-refractivity contribution in [1.29, 1.82) is 0 Å². The van der Waals surface area contributed by atoms with Crippen LogP contribution in [0.5, 0.6) is 17.2 Å². The van der Waals surface area contributed by atoms with Crippen LogP contribution in [-0.2, 0) is 13.1 Å². The summed E-state index contributed by atoms with van der Waals surface area (Å²) in [7, 11) is 4.59. The molecule has 0 aliphatic rings. The summed E-state index contributed by atoms with van der Waals surface area (Å²) in [6, 6.07) is 21.6. The van der Waals surface area contributed by atoms with Crippen LogP contribution < -0.4 is 19.5 Å². The molecule has 0 bridgehead atoms. The van der Waals surface area contributed by atoms with E-state index in [0.717, 1.165) is 23.2 Å². The predicted octanol–water partition coefficient (Wildman–Crippen LogP) is 4.55. The third kappa shape index (κ3) is 5.04. The van der Waals surface area contributed by atoms with Gasteiger partial charge < -0.3 is 19.5 Å². The Labute approximate surface area is 198 Å². The minimum atomic E-state index is -0.262. The first kappa shape index (κ1) is 22.9. The summed E-state index contributed by atoms with van der Waals surface area (Å²) in [6.45, 7) is 1.08. The first-order valence-corrected chi connectivity index (χ1v) is 10.9. The van der Waals surface area contributed by atoms with Gasteiger partial charge in [-0.05, 0) is 28.3 Å². The molecule has 4 aromatic rings. The predicted molar refractivity (Wildman–Crippen MR) is 130 cm³/mol. The highest BCUT2D eigenvalue weighted by Crippen LogP contribution is 2.34. The van der Waals surface area contributed by atoms with Crippen LogP contribution in [-0.4, -0.2) is 37.0 Å². The van der Waals surface area contributed by atoms with Gasteiger partial charge in [0.2, 0.25) is 0 Å². The largest absolute Gasteiger partial charge is 0.496 e. The van der Waals surface area contributed by atoms with Crippen molar-refractivity contribution in [2.75, 3.05) is 21.3 Å². The molecule has 1 heterocycles. The second kappa shape index (κ2) is 10.6. The molecule has 174 valence electrons. The number of benzene rings is 3. The van der Waals surface area contributed by atoms with Gasteiger partial charge in [0, 0.05) is 31.1 Å². The monoisotopic (exact) mass is 457 g/mol. The highest BCUT2D eigenvalue weighted by molar-refractivity contribution is 5.97. The third-order valence-electron chi connectivity index (χ3n) is 5.58. The molecule has 0 radical (unpaired) electrons. The number of amides is 1.